The van der Waals surface area contributed by atoms with Gasteiger partial charge < -0.3 is 20.3 Å². The molecular formula is C24H27N3O3. The molecule has 0 aliphatic carbocycles. The molecule has 2 N–H and O–H groups in total. The van der Waals surface area contributed by atoms with E-state index in [0.717, 1.165) is 16.3 Å². The molecule has 1 atom stereocenters. The topological polar surface area (TPSA) is 70.7 Å². The van der Waals surface area contributed by atoms with Crippen LogP contribution < -0.4 is 15.4 Å². The van der Waals surface area contributed by atoms with Gasteiger partial charge in [-0.1, -0.05) is 42.5 Å². The van der Waals surface area contributed by atoms with Crippen LogP contribution in [0.5, 0.6) is 5.75 Å². The normalized spacial score (nSPS) is 11.9. The predicted molar refractivity (Wildman–Crippen MR) is 120 cm³/mol. The molecular weight excluding hydrogens is 378 g/mol. The molecule has 6 heteroatoms. The molecule has 3 aromatic rings. The van der Waals surface area contributed by atoms with Gasteiger partial charge in [0.2, 0.25) is 0 Å². The van der Waals surface area contributed by atoms with Crippen LogP contribution in [0, 0.1) is 0 Å². The first kappa shape index (κ1) is 21.3. The number of amides is 2. The van der Waals surface area contributed by atoms with E-state index in [1.807, 2.05) is 44.1 Å². The van der Waals surface area contributed by atoms with Crippen molar-refractivity contribution in [1.29, 1.82) is 0 Å². The number of carbonyl (C=O) groups is 2. The zero-order valence-electron chi connectivity index (χ0n) is 17.5. The summed E-state index contributed by atoms with van der Waals surface area (Å²) in [6.45, 7) is 2.79. The SMILES string of the molecule is CCOc1ccc(NC(=O)C(=O)NC[C@@H](c2cccc3ccccc23)N(C)C)cc1. The molecule has 3 aromatic carbocycles. The highest BCUT2D eigenvalue weighted by molar-refractivity contribution is 6.39. The molecule has 0 saturated carbocycles. The van der Waals surface area contributed by atoms with E-state index in [0.29, 0.717) is 24.6 Å². The number of hydrogen-bond donors (Lipinski definition) is 2. The van der Waals surface area contributed by atoms with Crippen molar-refractivity contribution in [3.8, 4) is 5.75 Å². The Morgan fingerprint density at radius 1 is 0.933 bits per heavy atom. The summed E-state index contributed by atoms with van der Waals surface area (Å²) in [5.41, 5.74) is 1.64. The summed E-state index contributed by atoms with van der Waals surface area (Å²) in [6.07, 6.45) is 0. The molecule has 0 radical (unpaired) electrons. The number of anilines is 1. The van der Waals surface area contributed by atoms with Gasteiger partial charge in [0.1, 0.15) is 5.75 Å². The second kappa shape index (κ2) is 9.89. The number of ether oxygens (including phenoxy) is 1. The Morgan fingerprint density at radius 3 is 2.33 bits per heavy atom. The molecule has 30 heavy (non-hydrogen) atoms. The number of carbonyl (C=O) groups excluding carboxylic acids is 2. The number of hydrogen-bond acceptors (Lipinski definition) is 4. The van der Waals surface area contributed by atoms with Crippen molar-refractivity contribution in [2.45, 2.75) is 13.0 Å². The quantitative estimate of drug-likeness (QED) is 0.590. The molecule has 2 amide bonds. The van der Waals surface area contributed by atoms with Crippen LogP contribution >= 0.6 is 0 Å². The lowest BCUT2D eigenvalue weighted by Gasteiger charge is -2.26. The Hall–Kier alpha value is -3.38. The number of nitrogens with zero attached hydrogens (tertiary/aromatic N) is 1. The summed E-state index contributed by atoms with van der Waals surface area (Å²) in [6, 6.07) is 21.1. The molecule has 6 nitrogen and oxygen atoms in total. The first-order valence-electron chi connectivity index (χ1n) is 9.95. The predicted octanol–water partition coefficient (Wildman–Crippen LogP) is 3.60. The molecule has 0 unspecified atom stereocenters. The smallest absolute Gasteiger partial charge is 0.313 e. The second-order valence-electron chi connectivity index (χ2n) is 7.17. The summed E-state index contributed by atoms with van der Waals surface area (Å²) in [7, 11) is 3.91. The lowest BCUT2D eigenvalue weighted by Crippen LogP contribution is -2.40. The van der Waals surface area contributed by atoms with Crippen LogP contribution in [0.4, 0.5) is 5.69 Å². The molecule has 156 valence electrons. The molecule has 0 heterocycles. The Bertz CT molecular complexity index is 1010. The van der Waals surface area contributed by atoms with Crippen molar-refractivity contribution >= 4 is 28.3 Å². The minimum atomic E-state index is -0.699. The van der Waals surface area contributed by atoms with Crippen LogP contribution in [0.25, 0.3) is 10.8 Å². The van der Waals surface area contributed by atoms with Gasteiger partial charge >= 0.3 is 11.8 Å². The molecule has 0 spiro atoms. The standard InChI is InChI=1S/C24H27N3O3/c1-4-30-19-14-12-18(13-15-19)26-24(29)23(28)25-16-22(27(2)3)21-11-7-9-17-8-5-6-10-20(17)21/h5-15,22H,4,16H2,1-3H3,(H,25,28)(H,26,29)/t22-/m0/s1. The zero-order chi connectivity index (χ0) is 21.5. The molecule has 0 aromatic heterocycles. The Balaban J connectivity index is 1.65. The van der Waals surface area contributed by atoms with E-state index in [9.17, 15) is 9.59 Å². The number of fused-ring (bicyclic) bond motifs is 1. The van der Waals surface area contributed by atoms with Gasteiger partial charge in [0.25, 0.3) is 0 Å². The van der Waals surface area contributed by atoms with Crippen LogP contribution in [0.1, 0.15) is 18.5 Å². The first-order valence-corrected chi connectivity index (χ1v) is 9.95. The van der Waals surface area contributed by atoms with E-state index in [1.165, 1.54) is 0 Å². The average Bonchev–Trinajstić information content (AvgIpc) is 2.75. The molecule has 0 aliphatic heterocycles. The van der Waals surface area contributed by atoms with Crippen LogP contribution in [-0.4, -0.2) is 44.0 Å². The van der Waals surface area contributed by atoms with Crippen molar-refractivity contribution in [1.82, 2.24) is 10.2 Å². The van der Waals surface area contributed by atoms with Gasteiger partial charge in [-0.3, -0.25) is 9.59 Å². The molecule has 3 rings (SSSR count). The third-order valence-electron chi connectivity index (χ3n) is 4.89. The maximum absolute atomic E-state index is 12.4. The van der Waals surface area contributed by atoms with Gasteiger partial charge in [0.05, 0.1) is 12.6 Å². The van der Waals surface area contributed by atoms with Gasteiger partial charge in [-0.25, -0.2) is 0 Å². The van der Waals surface area contributed by atoms with Crippen molar-refractivity contribution < 1.29 is 14.3 Å². The van der Waals surface area contributed by atoms with E-state index < -0.39 is 11.8 Å². The number of nitrogens with one attached hydrogen (secondary N) is 2. The monoisotopic (exact) mass is 405 g/mol. The summed E-state index contributed by atoms with van der Waals surface area (Å²) < 4.78 is 5.38. The highest BCUT2D eigenvalue weighted by Crippen LogP contribution is 2.26. The largest absolute Gasteiger partial charge is 0.494 e. The molecule has 0 fully saturated rings. The first-order chi connectivity index (χ1) is 14.5. The van der Waals surface area contributed by atoms with Crippen LogP contribution in [0.15, 0.2) is 66.7 Å². The van der Waals surface area contributed by atoms with Crippen LogP contribution in [0.3, 0.4) is 0 Å². The highest BCUT2D eigenvalue weighted by atomic mass is 16.5. The maximum atomic E-state index is 12.4. The minimum Gasteiger partial charge on any atom is -0.494 e. The van der Waals surface area contributed by atoms with E-state index in [-0.39, 0.29) is 6.04 Å². The minimum absolute atomic E-state index is 0.0710. The summed E-state index contributed by atoms with van der Waals surface area (Å²) in [5, 5.41) is 7.65. The van der Waals surface area contributed by atoms with Gasteiger partial charge in [-0.15, -0.1) is 0 Å². The van der Waals surface area contributed by atoms with Gasteiger partial charge in [-0.2, -0.15) is 0 Å². The van der Waals surface area contributed by atoms with E-state index in [2.05, 4.69) is 34.9 Å². The third-order valence-corrected chi connectivity index (χ3v) is 4.89. The lowest BCUT2D eigenvalue weighted by molar-refractivity contribution is -0.136. The van der Waals surface area contributed by atoms with Crippen molar-refractivity contribution in [3.05, 3.63) is 72.3 Å². The zero-order valence-corrected chi connectivity index (χ0v) is 17.5. The summed E-state index contributed by atoms with van der Waals surface area (Å²) >= 11 is 0. The fourth-order valence-corrected chi connectivity index (χ4v) is 3.37. The van der Waals surface area contributed by atoms with Gasteiger partial charge in [-0.05, 0) is 61.6 Å². The van der Waals surface area contributed by atoms with Crippen LogP contribution in [-0.2, 0) is 9.59 Å². The number of likely N-dealkylation sites (N-methyl/N-ethyl adjacent to an activating group) is 1. The highest BCUT2D eigenvalue weighted by Gasteiger charge is 2.20. The van der Waals surface area contributed by atoms with Crippen LogP contribution in [0.2, 0.25) is 0 Å². The fraction of sp³-hybridized carbons (Fsp3) is 0.250. The summed E-state index contributed by atoms with van der Waals surface area (Å²) in [5.74, 6) is -0.658. The fourth-order valence-electron chi connectivity index (χ4n) is 3.37. The lowest BCUT2D eigenvalue weighted by atomic mass is 9.98. The Labute approximate surface area is 176 Å². The maximum Gasteiger partial charge on any atom is 0.313 e. The van der Waals surface area contributed by atoms with E-state index in [4.69, 9.17) is 4.74 Å². The van der Waals surface area contributed by atoms with E-state index >= 15 is 0 Å². The second-order valence-corrected chi connectivity index (χ2v) is 7.17. The van der Waals surface area contributed by atoms with E-state index in [1.54, 1.807) is 24.3 Å². The number of benzene rings is 3. The summed E-state index contributed by atoms with van der Waals surface area (Å²) in [4.78, 5) is 26.7. The average molecular weight is 405 g/mol. The van der Waals surface area contributed by atoms with Crippen molar-refractivity contribution in [3.63, 3.8) is 0 Å². The van der Waals surface area contributed by atoms with Gasteiger partial charge in [0.15, 0.2) is 0 Å². The third kappa shape index (κ3) is 5.15. The van der Waals surface area contributed by atoms with Crippen molar-refractivity contribution in [2.24, 2.45) is 0 Å². The number of rotatable bonds is 7. The molecule has 0 bridgehead atoms. The van der Waals surface area contributed by atoms with Gasteiger partial charge in [0, 0.05) is 12.2 Å². The Kier molecular flexibility index (Phi) is 7.03. The molecule has 0 saturated heterocycles. The Morgan fingerprint density at radius 2 is 1.63 bits per heavy atom. The molecule has 0 aliphatic rings. The van der Waals surface area contributed by atoms with Crippen molar-refractivity contribution in [2.75, 3.05) is 32.6 Å².